The summed E-state index contributed by atoms with van der Waals surface area (Å²) in [6.45, 7) is 0. The molecule has 0 aliphatic rings. The molecule has 0 saturated carbocycles. The van der Waals surface area contributed by atoms with Crippen LogP contribution >= 0.6 is 15.9 Å². The standard InChI is InChI=1S/C17H16BrNO3/c1-21-13-9-7-12(16(11-13)22-2)8-10-17(20)19-15-6-4-3-5-14(15)18/h3-11H,1-2H3,(H,19,20)/b10-8+. The lowest BCUT2D eigenvalue weighted by atomic mass is 10.1. The van der Waals surface area contributed by atoms with Crippen LogP contribution in [0, 0.1) is 0 Å². The third kappa shape index (κ3) is 4.11. The predicted molar refractivity (Wildman–Crippen MR) is 91.4 cm³/mol. The van der Waals surface area contributed by atoms with Crippen molar-refractivity contribution in [2.24, 2.45) is 0 Å². The van der Waals surface area contributed by atoms with Crippen molar-refractivity contribution in [3.8, 4) is 11.5 Å². The van der Waals surface area contributed by atoms with Crippen LogP contribution in [0.3, 0.4) is 0 Å². The first-order valence-electron chi connectivity index (χ1n) is 6.59. The molecule has 0 aliphatic heterocycles. The van der Waals surface area contributed by atoms with Gasteiger partial charge in [-0.05, 0) is 46.3 Å². The number of methoxy groups -OCH3 is 2. The monoisotopic (exact) mass is 361 g/mol. The number of anilines is 1. The first kappa shape index (κ1) is 16.1. The van der Waals surface area contributed by atoms with E-state index in [2.05, 4.69) is 21.2 Å². The molecule has 1 amide bonds. The van der Waals surface area contributed by atoms with Crippen LogP contribution in [0.2, 0.25) is 0 Å². The molecule has 0 unspecified atom stereocenters. The number of hydrogen-bond acceptors (Lipinski definition) is 3. The molecule has 5 heteroatoms. The highest BCUT2D eigenvalue weighted by Crippen LogP contribution is 2.26. The molecule has 0 atom stereocenters. The van der Waals surface area contributed by atoms with Crippen LogP contribution in [0.1, 0.15) is 5.56 Å². The van der Waals surface area contributed by atoms with Crippen molar-refractivity contribution in [1.82, 2.24) is 0 Å². The maximum atomic E-state index is 12.0. The number of ether oxygens (including phenoxy) is 2. The summed E-state index contributed by atoms with van der Waals surface area (Å²) in [4.78, 5) is 12.0. The van der Waals surface area contributed by atoms with Crippen LogP contribution < -0.4 is 14.8 Å². The molecule has 4 nitrogen and oxygen atoms in total. The summed E-state index contributed by atoms with van der Waals surface area (Å²) in [7, 11) is 3.17. The van der Waals surface area contributed by atoms with Crippen LogP contribution in [0.15, 0.2) is 53.0 Å². The average molecular weight is 362 g/mol. The summed E-state index contributed by atoms with van der Waals surface area (Å²) in [6.07, 6.45) is 3.16. The lowest BCUT2D eigenvalue weighted by Gasteiger charge is -2.07. The second-order valence-corrected chi connectivity index (χ2v) is 5.26. The molecule has 0 bridgehead atoms. The number of para-hydroxylation sites is 1. The van der Waals surface area contributed by atoms with Crippen LogP contribution in [-0.4, -0.2) is 20.1 Å². The number of halogens is 1. The lowest BCUT2D eigenvalue weighted by molar-refractivity contribution is -0.111. The van der Waals surface area contributed by atoms with E-state index in [0.29, 0.717) is 11.5 Å². The van der Waals surface area contributed by atoms with E-state index in [9.17, 15) is 4.79 Å². The number of benzene rings is 2. The minimum absolute atomic E-state index is 0.218. The predicted octanol–water partition coefficient (Wildman–Crippen LogP) is 4.12. The summed E-state index contributed by atoms with van der Waals surface area (Å²) in [5.74, 6) is 1.13. The molecule has 22 heavy (non-hydrogen) atoms. The SMILES string of the molecule is COc1ccc(/C=C/C(=O)Nc2ccccc2Br)c(OC)c1. The van der Waals surface area contributed by atoms with Crippen molar-refractivity contribution < 1.29 is 14.3 Å². The maximum absolute atomic E-state index is 12.0. The topological polar surface area (TPSA) is 47.6 Å². The molecule has 114 valence electrons. The molecule has 0 aliphatic carbocycles. The fraction of sp³-hybridized carbons (Fsp3) is 0.118. The number of carbonyl (C=O) groups excluding carboxylic acids is 1. The van der Waals surface area contributed by atoms with E-state index in [-0.39, 0.29) is 5.91 Å². The normalized spacial score (nSPS) is 10.5. The van der Waals surface area contributed by atoms with Crippen LogP contribution in [-0.2, 0) is 4.79 Å². The summed E-state index contributed by atoms with van der Waals surface area (Å²) in [6, 6.07) is 12.9. The Bertz CT molecular complexity index is 698. The Morgan fingerprint density at radius 3 is 2.59 bits per heavy atom. The first-order valence-corrected chi connectivity index (χ1v) is 7.39. The zero-order chi connectivity index (χ0) is 15.9. The quantitative estimate of drug-likeness (QED) is 0.814. The van der Waals surface area contributed by atoms with Gasteiger partial charge in [0.25, 0.3) is 0 Å². The van der Waals surface area contributed by atoms with Gasteiger partial charge >= 0.3 is 0 Å². The number of carbonyl (C=O) groups is 1. The van der Waals surface area contributed by atoms with Gasteiger partial charge in [0.2, 0.25) is 5.91 Å². The van der Waals surface area contributed by atoms with Crippen molar-refractivity contribution in [2.45, 2.75) is 0 Å². The van der Waals surface area contributed by atoms with Gasteiger partial charge < -0.3 is 14.8 Å². The van der Waals surface area contributed by atoms with E-state index in [1.54, 1.807) is 26.4 Å². The van der Waals surface area contributed by atoms with E-state index in [0.717, 1.165) is 15.7 Å². The second kappa shape index (κ2) is 7.66. The van der Waals surface area contributed by atoms with Crippen molar-refractivity contribution >= 4 is 33.6 Å². The van der Waals surface area contributed by atoms with E-state index in [1.807, 2.05) is 36.4 Å². The molecule has 0 aromatic heterocycles. The third-order valence-electron chi connectivity index (χ3n) is 2.99. The zero-order valence-electron chi connectivity index (χ0n) is 12.3. The summed E-state index contributed by atoms with van der Waals surface area (Å²) < 4.78 is 11.3. The van der Waals surface area contributed by atoms with Crippen LogP contribution in [0.25, 0.3) is 6.08 Å². The van der Waals surface area contributed by atoms with Gasteiger partial charge in [0, 0.05) is 22.2 Å². The molecule has 0 fully saturated rings. The molecule has 2 aromatic rings. The van der Waals surface area contributed by atoms with Gasteiger partial charge in [-0.25, -0.2) is 0 Å². The van der Waals surface area contributed by atoms with Crippen molar-refractivity contribution in [2.75, 3.05) is 19.5 Å². The molecule has 1 N–H and O–H groups in total. The number of hydrogen-bond donors (Lipinski definition) is 1. The number of nitrogens with one attached hydrogen (secondary N) is 1. The van der Waals surface area contributed by atoms with Crippen molar-refractivity contribution in [1.29, 1.82) is 0 Å². The largest absolute Gasteiger partial charge is 0.497 e. The van der Waals surface area contributed by atoms with Gasteiger partial charge in [-0.1, -0.05) is 12.1 Å². The molecule has 0 spiro atoms. The van der Waals surface area contributed by atoms with Crippen LogP contribution in [0.4, 0.5) is 5.69 Å². The molecule has 0 heterocycles. The fourth-order valence-corrected chi connectivity index (χ4v) is 2.24. The maximum Gasteiger partial charge on any atom is 0.248 e. The van der Waals surface area contributed by atoms with Gasteiger partial charge in [0.1, 0.15) is 11.5 Å². The first-order chi connectivity index (χ1) is 10.6. The highest BCUT2D eigenvalue weighted by molar-refractivity contribution is 9.10. The van der Waals surface area contributed by atoms with E-state index >= 15 is 0 Å². The molecule has 0 radical (unpaired) electrons. The van der Waals surface area contributed by atoms with Crippen molar-refractivity contribution in [3.63, 3.8) is 0 Å². The van der Waals surface area contributed by atoms with Gasteiger partial charge in [-0.2, -0.15) is 0 Å². The summed E-state index contributed by atoms with van der Waals surface area (Å²) in [5.41, 5.74) is 1.52. The Morgan fingerprint density at radius 2 is 1.91 bits per heavy atom. The molecular formula is C17H16BrNO3. The lowest BCUT2D eigenvalue weighted by Crippen LogP contribution is -2.08. The zero-order valence-corrected chi connectivity index (χ0v) is 13.9. The Balaban J connectivity index is 2.11. The van der Waals surface area contributed by atoms with E-state index in [1.165, 1.54) is 6.08 Å². The van der Waals surface area contributed by atoms with Gasteiger partial charge in [0.05, 0.1) is 19.9 Å². The average Bonchev–Trinajstić information content (AvgIpc) is 2.55. The molecular weight excluding hydrogens is 346 g/mol. The Hall–Kier alpha value is -2.27. The number of amides is 1. The third-order valence-corrected chi connectivity index (χ3v) is 3.68. The molecule has 2 aromatic carbocycles. The smallest absolute Gasteiger partial charge is 0.248 e. The fourth-order valence-electron chi connectivity index (χ4n) is 1.86. The van der Waals surface area contributed by atoms with E-state index in [4.69, 9.17) is 9.47 Å². The highest BCUT2D eigenvalue weighted by Gasteiger charge is 2.04. The Morgan fingerprint density at radius 1 is 1.14 bits per heavy atom. The van der Waals surface area contributed by atoms with Crippen LogP contribution in [0.5, 0.6) is 11.5 Å². The van der Waals surface area contributed by atoms with Gasteiger partial charge in [-0.15, -0.1) is 0 Å². The molecule has 0 saturated heterocycles. The second-order valence-electron chi connectivity index (χ2n) is 4.41. The minimum atomic E-state index is -0.218. The summed E-state index contributed by atoms with van der Waals surface area (Å²) >= 11 is 3.39. The van der Waals surface area contributed by atoms with Gasteiger partial charge in [-0.3, -0.25) is 4.79 Å². The highest BCUT2D eigenvalue weighted by atomic mass is 79.9. The Labute approximate surface area is 137 Å². The molecule has 2 rings (SSSR count). The van der Waals surface area contributed by atoms with Crippen molar-refractivity contribution in [3.05, 3.63) is 58.6 Å². The minimum Gasteiger partial charge on any atom is -0.497 e. The Kier molecular flexibility index (Phi) is 5.61. The summed E-state index contributed by atoms with van der Waals surface area (Å²) in [5, 5.41) is 2.80. The van der Waals surface area contributed by atoms with Gasteiger partial charge in [0.15, 0.2) is 0 Å². The van der Waals surface area contributed by atoms with E-state index < -0.39 is 0 Å². The number of rotatable bonds is 5.